The quantitative estimate of drug-likeness (QED) is 0.828. The lowest BCUT2D eigenvalue weighted by Gasteiger charge is -2.04. The number of nitrogens with zero attached hydrogens (tertiary/aromatic N) is 2. The highest BCUT2D eigenvalue weighted by Crippen LogP contribution is 2.24. The number of nitrogens with two attached hydrogens (primary N) is 1. The van der Waals surface area contributed by atoms with Gasteiger partial charge in [-0.05, 0) is 6.07 Å². The van der Waals surface area contributed by atoms with Gasteiger partial charge >= 0.3 is 0 Å². The largest absolute Gasteiger partial charge is 0.383 e. The molecule has 5 heteroatoms. The zero-order chi connectivity index (χ0) is 9.97. The van der Waals surface area contributed by atoms with E-state index in [1.165, 1.54) is 0 Å². The predicted octanol–water partition coefficient (Wildman–Crippen LogP) is 1.34. The SMILES string of the molecule is COCC(N)c1nc2cnccc2s1. The zero-order valence-electron chi connectivity index (χ0n) is 7.80. The lowest BCUT2D eigenvalue weighted by molar-refractivity contribution is 0.181. The van der Waals surface area contributed by atoms with Crippen LogP contribution in [0.3, 0.4) is 0 Å². The molecule has 4 nitrogen and oxygen atoms in total. The van der Waals surface area contributed by atoms with E-state index in [-0.39, 0.29) is 6.04 Å². The minimum Gasteiger partial charge on any atom is -0.383 e. The molecule has 0 amide bonds. The van der Waals surface area contributed by atoms with Crippen molar-refractivity contribution >= 4 is 21.6 Å². The lowest BCUT2D eigenvalue weighted by Crippen LogP contribution is -2.15. The Balaban J connectivity index is 2.35. The molecule has 2 N–H and O–H groups in total. The van der Waals surface area contributed by atoms with Gasteiger partial charge in [0.15, 0.2) is 0 Å². The van der Waals surface area contributed by atoms with Gasteiger partial charge in [-0.25, -0.2) is 4.98 Å². The summed E-state index contributed by atoms with van der Waals surface area (Å²) < 4.78 is 6.09. The van der Waals surface area contributed by atoms with Crippen LogP contribution in [0.5, 0.6) is 0 Å². The second kappa shape index (κ2) is 4.00. The first kappa shape index (κ1) is 9.51. The molecule has 74 valence electrons. The Labute approximate surface area is 85.7 Å². The monoisotopic (exact) mass is 209 g/mol. The van der Waals surface area contributed by atoms with E-state index in [9.17, 15) is 0 Å². The van der Waals surface area contributed by atoms with E-state index >= 15 is 0 Å². The van der Waals surface area contributed by atoms with Crippen LogP contribution in [-0.4, -0.2) is 23.7 Å². The molecule has 0 spiro atoms. The number of hydrogen-bond donors (Lipinski definition) is 1. The molecule has 0 saturated carbocycles. The third-order valence-corrected chi connectivity index (χ3v) is 3.04. The van der Waals surface area contributed by atoms with Crippen molar-refractivity contribution in [2.45, 2.75) is 6.04 Å². The Morgan fingerprint density at radius 1 is 1.64 bits per heavy atom. The van der Waals surface area contributed by atoms with Gasteiger partial charge < -0.3 is 10.5 Å². The second-order valence-electron chi connectivity index (χ2n) is 2.96. The van der Waals surface area contributed by atoms with Crippen LogP contribution in [0.1, 0.15) is 11.0 Å². The second-order valence-corrected chi connectivity index (χ2v) is 4.02. The lowest BCUT2D eigenvalue weighted by atomic mass is 10.3. The average Bonchev–Trinajstić information content (AvgIpc) is 2.61. The van der Waals surface area contributed by atoms with Gasteiger partial charge in [-0.3, -0.25) is 4.98 Å². The van der Waals surface area contributed by atoms with Gasteiger partial charge in [-0.1, -0.05) is 0 Å². The summed E-state index contributed by atoms with van der Waals surface area (Å²) in [5.41, 5.74) is 6.77. The molecule has 2 rings (SSSR count). The van der Waals surface area contributed by atoms with Gasteiger partial charge in [-0.2, -0.15) is 0 Å². The van der Waals surface area contributed by atoms with Gasteiger partial charge in [0.25, 0.3) is 0 Å². The molecule has 2 aromatic heterocycles. The minimum atomic E-state index is -0.141. The Morgan fingerprint density at radius 3 is 3.21 bits per heavy atom. The summed E-state index contributed by atoms with van der Waals surface area (Å²) >= 11 is 1.59. The van der Waals surface area contributed by atoms with Crippen molar-refractivity contribution in [3.63, 3.8) is 0 Å². The van der Waals surface area contributed by atoms with E-state index in [0.29, 0.717) is 6.61 Å². The number of pyridine rings is 1. The summed E-state index contributed by atoms with van der Waals surface area (Å²) in [5, 5.41) is 0.898. The van der Waals surface area contributed by atoms with Gasteiger partial charge in [0.1, 0.15) is 5.01 Å². The maximum atomic E-state index is 5.87. The van der Waals surface area contributed by atoms with Crippen LogP contribution in [0.4, 0.5) is 0 Å². The number of fused-ring (bicyclic) bond motifs is 1. The van der Waals surface area contributed by atoms with E-state index < -0.39 is 0 Å². The molecule has 0 aliphatic rings. The molecular weight excluding hydrogens is 198 g/mol. The number of methoxy groups -OCH3 is 1. The fraction of sp³-hybridized carbons (Fsp3) is 0.333. The molecule has 1 atom stereocenters. The van der Waals surface area contributed by atoms with E-state index in [1.54, 1.807) is 30.8 Å². The van der Waals surface area contributed by atoms with Crippen LogP contribution in [0.15, 0.2) is 18.5 Å². The Morgan fingerprint density at radius 2 is 2.50 bits per heavy atom. The van der Waals surface area contributed by atoms with Crippen LogP contribution < -0.4 is 5.73 Å². The molecule has 0 aromatic carbocycles. The fourth-order valence-corrected chi connectivity index (χ4v) is 2.13. The molecule has 0 saturated heterocycles. The smallest absolute Gasteiger partial charge is 0.113 e. The topological polar surface area (TPSA) is 61.0 Å². The maximum absolute atomic E-state index is 5.87. The first-order valence-electron chi connectivity index (χ1n) is 4.26. The first-order chi connectivity index (χ1) is 6.81. The number of ether oxygens (including phenoxy) is 1. The average molecular weight is 209 g/mol. The molecule has 0 radical (unpaired) electrons. The highest BCUT2D eigenvalue weighted by atomic mass is 32.1. The van der Waals surface area contributed by atoms with Crippen molar-refractivity contribution in [1.82, 2.24) is 9.97 Å². The summed E-state index contributed by atoms with van der Waals surface area (Å²) in [6.07, 6.45) is 3.50. The van der Waals surface area contributed by atoms with Gasteiger partial charge in [-0.15, -0.1) is 11.3 Å². The van der Waals surface area contributed by atoms with E-state index in [0.717, 1.165) is 15.2 Å². The predicted molar refractivity (Wildman–Crippen MR) is 56.2 cm³/mol. The van der Waals surface area contributed by atoms with Crippen LogP contribution in [0, 0.1) is 0 Å². The number of rotatable bonds is 3. The summed E-state index contributed by atoms with van der Waals surface area (Å²) in [7, 11) is 1.63. The highest BCUT2D eigenvalue weighted by molar-refractivity contribution is 7.18. The number of thiazole rings is 1. The number of hydrogen-bond acceptors (Lipinski definition) is 5. The van der Waals surface area contributed by atoms with Gasteiger partial charge in [0.05, 0.1) is 29.1 Å². The van der Waals surface area contributed by atoms with Gasteiger partial charge in [0, 0.05) is 13.3 Å². The zero-order valence-corrected chi connectivity index (χ0v) is 8.62. The third kappa shape index (κ3) is 1.75. The summed E-state index contributed by atoms with van der Waals surface area (Å²) in [6, 6.07) is 1.80. The van der Waals surface area contributed by atoms with Crippen LogP contribution in [0.25, 0.3) is 10.2 Å². The van der Waals surface area contributed by atoms with Crippen molar-refractivity contribution < 1.29 is 4.74 Å². The van der Waals surface area contributed by atoms with Crippen molar-refractivity contribution in [2.75, 3.05) is 13.7 Å². The standard InChI is InChI=1S/C9H11N3OS/c1-13-5-6(10)9-12-7-4-11-3-2-8(7)14-9/h2-4,6H,5,10H2,1H3. The van der Waals surface area contributed by atoms with Crippen LogP contribution in [0.2, 0.25) is 0 Å². The third-order valence-electron chi connectivity index (χ3n) is 1.87. The molecule has 1 unspecified atom stereocenters. The van der Waals surface area contributed by atoms with E-state index in [4.69, 9.17) is 10.5 Å². The van der Waals surface area contributed by atoms with Gasteiger partial charge in [0.2, 0.25) is 0 Å². The molecule has 0 bridgehead atoms. The van der Waals surface area contributed by atoms with Crippen molar-refractivity contribution in [1.29, 1.82) is 0 Å². The fourth-order valence-electron chi connectivity index (χ4n) is 1.21. The summed E-state index contributed by atoms with van der Waals surface area (Å²) in [4.78, 5) is 8.39. The molecule has 0 aliphatic heterocycles. The maximum Gasteiger partial charge on any atom is 0.113 e. The van der Waals surface area contributed by atoms with Crippen LogP contribution >= 0.6 is 11.3 Å². The molecular formula is C9H11N3OS. The van der Waals surface area contributed by atoms with Crippen LogP contribution in [-0.2, 0) is 4.74 Å². The highest BCUT2D eigenvalue weighted by Gasteiger charge is 2.11. The minimum absolute atomic E-state index is 0.141. The normalized spacial score (nSPS) is 13.3. The molecule has 0 fully saturated rings. The molecule has 2 aromatic rings. The Hall–Kier alpha value is -1.04. The van der Waals surface area contributed by atoms with E-state index in [2.05, 4.69) is 9.97 Å². The van der Waals surface area contributed by atoms with Crippen molar-refractivity contribution in [3.8, 4) is 0 Å². The summed E-state index contributed by atoms with van der Waals surface area (Å²) in [6.45, 7) is 0.493. The molecule has 14 heavy (non-hydrogen) atoms. The molecule has 0 aliphatic carbocycles. The first-order valence-corrected chi connectivity index (χ1v) is 5.08. The van der Waals surface area contributed by atoms with Crippen molar-refractivity contribution in [2.24, 2.45) is 5.73 Å². The number of aromatic nitrogens is 2. The Bertz CT molecular complexity index is 396. The Kier molecular flexibility index (Phi) is 2.72. The van der Waals surface area contributed by atoms with Crippen molar-refractivity contribution in [3.05, 3.63) is 23.5 Å². The van der Waals surface area contributed by atoms with E-state index in [1.807, 2.05) is 6.07 Å². The molecule has 2 heterocycles. The summed E-state index contributed by atoms with van der Waals surface area (Å²) in [5.74, 6) is 0.